The third-order valence-corrected chi connectivity index (χ3v) is 3.25. The molecule has 3 aromatic rings. The Bertz CT molecular complexity index is 680. The van der Waals surface area contributed by atoms with Crippen LogP contribution in [0.1, 0.15) is 11.1 Å². The smallest absolute Gasteiger partial charge is 0.0992 e. The Morgan fingerprint density at radius 1 is 0.941 bits per heavy atom. The van der Waals surface area contributed by atoms with E-state index in [-0.39, 0.29) is 0 Å². The van der Waals surface area contributed by atoms with Crippen LogP contribution in [0.5, 0.6) is 0 Å². The standard InChI is InChI=1S/C15H14N2/c1-11-3-4-13(7-12(11)2)14-5-6-15-8-16-10-17(15)9-14/h3-10H,1-2H3. The fourth-order valence-corrected chi connectivity index (χ4v) is 2.01. The molecular formula is C15H14N2. The van der Waals surface area contributed by atoms with Crippen molar-refractivity contribution in [2.75, 3.05) is 0 Å². The lowest BCUT2D eigenvalue weighted by atomic mass is 10.0. The summed E-state index contributed by atoms with van der Waals surface area (Å²) in [5.74, 6) is 0. The van der Waals surface area contributed by atoms with E-state index in [9.17, 15) is 0 Å². The predicted molar refractivity (Wildman–Crippen MR) is 70.1 cm³/mol. The summed E-state index contributed by atoms with van der Waals surface area (Å²) >= 11 is 0. The molecule has 84 valence electrons. The van der Waals surface area contributed by atoms with Crippen molar-refractivity contribution in [2.45, 2.75) is 13.8 Å². The van der Waals surface area contributed by atoms with E-state index in [1.54, 1.807) is 0 Å². The van der Waals surface area contributed by atoms with Crippen molar-refractivity contribution in [3.63, 3.8) is 0 Å². The molecule has 0 saturated carbocycles. The number of rotatable bonds is 1. The Kier molecular flexibility index (Phi) is 2.22. The average molecular weight is 222 g/mol. The van der Waals surface area contributed by atoms with Crippen LogP contribution in [0.3, 0.4) is 0 Å². The van der Waals surface area contributed by atoms with E-state index < -0.39 is 0 Å². The molecule has 0 bridgehead atoms. The Balaban J connectivity index is 2.16. The molecule has 0 unspecified atom stereocenters. The van der Waals surface area contributed by atoms with Crippen LogP contribution in [-0.2, 0) is 0 Å². The van der Waals surface area contributed by atoms with Crippen molar-refractivity contribution < 1.29 is 0 Å². The summed E-state index contributed by atoms with van der Waals surface area (Å²) < 4.78 is 2.05. The van der Waals surface area contributed by atoms with Gasteiger partial charge in [-0.15, -0.1) is 0 Å². The molecule has 0 radical (unpaired) electrons. The molecule has 3 rings (SSSR count). The van der Waals surface area contributed by atoms with Gasteiger partial charge in [0.25, 0.3) is 0 Å². The molecule has 0 atom stereocenters. The fraction of sp³-hybridized carbons (Fsp3) is 0.133. The molecular weight excluding hydrogens is 208 g/mol. The summed E-state index contributed by atoms with van der Waals surface area (Å²) in [5.41, 5.74) is 6.26. The summed E-state index contributed by atoms with van der Waals surface area (Å²) in [6, 6.07) is 10.8. The molecule has 0 aliphatic carbocycles. The van der Waals surface area contributed by atoms with E-state index in [0.29, 0.717) is 0 Å². The highest BCUT2D eigenvalue weighted by Crippen LogP contribution is 2.22. The third kappa shape index (κ3) is 1.72. The first kappa shape index (κ1) is 10.1. The van der Waals surface area contributed by atoms with E-state index in [1.807, 2.05) is 16.9 Å². The monoisotopic (exact) mass is 222 g/mol. The number of aromatic nitrogens is 2. The number of hydrogen-bond acceptors (Lipinski definition) is 1. The van der Waals surface area contributed by atoms with Gasteiger partial charge in [0.1, 0.15) is 0 Å². The molecule has 0 spiro atoms. The van der Waals surface area contributed by atoms with Gasteiger partial charge in [-0.1, -0.05) is 24.3 Å². The van der Waals surface area contributed by atoms with Crippen LogP contribution in [0.2, 0.25) is 0 Å². The van der Waals surface area contributed by atoms with Gasteiger partial charge < -0.3 is 4.40 Å². The molecule has 2 heterocycles. The van der Waals surface area contributed by atoms with Gasteiger partial charge in [0.05, 0.1) is 18.0 Å². The molecule has 1 aromatic carbocycles. The van der Waals surface area contributed by atoms with E-state index in [0.717, 1.165) is 5.52 Å². The predicted octanol–water partition coefficient (Wildman–Crippen LogP) is 3.62. The molecule has 0 N–H and O–H groups in total. The maximum absolute atomic E-state index is 4.13. The Morgan fingerprint density at radius 2 is 1.76 bits per heavy atom. The zero-order valence-corrected chi connectivity index (χ0v) is 10.0. The molecule has 2 nitrogen and oxygen atoms in total. The first-order chi connectivity index (χ1) is 8.24. The topological polar surface area (TPSA) is 17.3 Å². The highest BCUT2D eigenvalue weighted by Gasteiger charge is 2.01. The first-order valence-corrected chi connectivity index (χ1v) is 5.73. The van der Waals surface area contributed by atoms with Crippen molar-refractivity contribution in [2.24, 2.45) is 0 Å². The maximum atomic E-state index is 4.13. The van der Waals surface area contributed by atoms with Crippen LogP contribution >= 0.6 is 0 Å². The number of pyridine rings is 1. The number of nitrogens with zero attached hydrogens (tertiary/aromatic N) is 2. The van der Waals surface area contributed by atoms with Gasteiger partial charge in [-0.25, -0.2) is 4.98 Å². The van der Waals surface area contributed by atoms with Gasteiger partial charge in [0.2, 0.25) is 0 Å². The molecule has 0 aliphatic rings. The number of aryl methyl sites for hydroxylation is 2. The number of fused-ring (bicyclic) bond motifs is 1. The molecule has 0 aliphatic heterocycles. The zero-order valence-electron chi connectivity index (χ0n) is 10.0. The maximum Gasteiger partial charge on any atom is 0.0992 e. The second kappa shape index (κ2) is 3.74. The van der Waals surface area contributed by atoms with Crippen LogP contribution < -0.4 is 0 Å². The quantitative estimate of drug-likeness (QED) is 0.614. The highest BCUT2D eigenvalue weighted by molar-refractivity contribution is 5.66. The van der Waals surface area contributed by atoms with Crippen molar-refractivity contribution in [3.8, 4) is 11.1 Å². The van der Waals surface area contributed by atoms with E-state index >= 15 is 0 Å². The van der Waals surface area contributed by atoms with E-state index in [1.165, 1.54) is 22.3 Å². The van der Waals surface area contributed by atoms with E-state index in [4.69, 9.17) is 0 Å². The van der Waals surface area contributed by atoms with Gasteiger partial charge in [-0.2, -0.15) is 0 Å². The van der Waals surface area contributed by atoms with Crippen LogP contribution in [0.4, 0.5) is 0 Å². The molecule has 2 heteroatoms. The van der Waals surface area contributed by atoms with Gasteiger partial charge in [0.15, 0.2) is 0 Å². The molecule has 0 saturated heterocycles. The van der Waals surface area contributed by atoms with Gasteiger partial charge in [-0.05, 0) is 42.2 Å². The lowest BCUT2D eigenvalue weighted by Crippen LogP contribution is -1.87. The average Bonchev–Trinajstić information content (AvgIpc) is 2.79. The number of benzene rings is 1. The number of hydrogen-bond donors (Lipinski definition) is 0. The molecule has 0 fully saturated rings. The third-order valence-electron chi connectivity index (χ3n) is 3.25. The van der Waals surface area contributed by atoms with Gasteiger partial charge >= 0.3 is 0 Å². The van der Waals surface area contributed by atoms with Crippen LogP contribution in [0.25, 0.3) is 16.6 Å². The lowest BCUT2D eigenvalue weighted by Gasteiger charge is -2.06. The summed E-state index contributed by atoms with van der Waals surface area (Å²) in [6.45, 7) is 4.28. The number of imidazole rings is 1. The highest BCUT2D eigenvalue weighted by atomic mass is 15.0. The van der Waals surface area contributed by atoms with Crippen LogP contribution in [0.15, 0.2) is 49.1 Å². The summed E-state index contributed by atoms with van der Waals surface area (Å²) in [7, 11) is 0. The summed E-state index contributed by atoms with van der Waals surface area (Å²) in [6.07, 6.45) is 5.82. The summed E-state index contributed by atoms with van der Waals surface area (Å²) in [5, 5.41) is 0. The largest absolute Gasteiger partial charge is 0.306 e. The Labute approximate surface area is 101 Å². The van der Waals surface area contributed by atoms with Crippen molar-refractivity contribution in [3.05, 3.63) is 60.2 Å². The lowest BCUT2D eigenvalue weighted by molar-refractivity contribution is 1.15. The minimum atomic E-state index is 1.12. The first-order valence-electron chi connectivity index (χ1n) is 5.73. The minimum Gasteiger partial charge on any atom is -0.306 e. The van der Waals surface area contributed by atoms with E-state index in [2.05, 4.69) is 55.4 Å². The molecule has 0 amide bonds. The van der Waals surface area contributed by atoms with Gasteiger partial charge in [0, 0.05) is 6.20 Å². The summed E-state index contributed by atoms with van der Waals surface area (Å²) in [4.78, 5) is 4.13. The van der Waals surface area contributed by atoms with Crippen molar-refractivity contribution in [1.29, 1.82) is 0 Å². The van der Waals surface area contributed by atoms with Crippen molar-refractivity contribution in [1.82, 2.24) is 9.38 Å². The molecule has 17 heavy (non-hydrogen) atoms. The van der Waals surface area contributed by atoms with Crippen LogP contribution in [-0.4, -0.2) is 9.38 Å². The molecule has 2 aromatic heterocycles. The Morgan fingerprint density at radius 3 is 2.59 bits per heavy atom. The second-order valence-electron chi connectivity index (χ2n) is 4.44. The fourth-order valence-electron chi connectivity index (χ4n) is 2.01. The van der Waals surface area contributed by atoms with Crippen LogP contribution in [0, 0.1) is 13.8 Å². The minimum absolute atomic E-state index is 1.12. The normalized spacial score (nSPS) is 10.9. The Hall–Kier alpha value is -2.09. The van der Waals surface area contributed by atoms with Crippen molar-refractivity contribution >= 4 is 5.52 Å². The SMILES string of the molecule is Cc1ccc(-c2ccc3cncn3c2)cc1C. The van der Waals surface area contributed by atoms with Gasteiger partial charge in [-0.3, -0.25) is 0 Å². The zero-order chi connectivity index (χ0) is 11.8. The second-order valence-corrected chi connectivity index (χ2v) is 4.44.